The van der Waals surface area contributed by atoms with Gasteiger partial charge in [0.2, 0.25) is 5.91 Å². The summed E-state index contributed by atoms with van der Waals surface area (Å²) in [6.45, 7) is 6.87. The Hall–Kier alpha value is -0.570. The van der Waals surface area contributed by atoms with Crippen molar-refractivity contribution in [2.75, 3.05) is 6.54 Å². The highest BCUT2D eigenvalue weighted by atomic mass is 16.2. The summed E-state index contributed by atoms with van der Waals surface area (Å²) < 4.78 is 0. The minimum absolute atomic E-state index is 0.0226. The molecule has 1 amide bonds. The van der Waals surface area contributed by atoms with Gasteiger partial charge in [-0.15, -0.1) is 0 Å². The third-order valence-electron chi connectivity index (χ3n) is 1.61. The largest absolute Gasteiger partial charge is 0.355 e. The fraction of sp³-hybridized carbons (Fsp3) is 0.889. The SMILES string of the molecule is CCCNC(=O)[C@@H](N)CC(C)C. The topological polar surface area (TPSA) is 55.1 Å². The lowest BCUT2D eigenvalue weighted by molar-refractivity contribution is -0.122. The molecule has 0 aliphatic heterocycles. The van der Waals surface area contributed by atoms with E-state index >= 15 is 0 Å². The van der Waals surface area contributed by atoms with E-state index < -0.39 is 0 Å². The summed E-state index contributed by atoms with van der Waals surface area (Å²) in [7, 11) is 0. The molecular formula is C9H20N2O. The summed E-state index contributed by atoms with van der Waals surface area (Å²) in [5.74, 6) is 0.456. The molecule has 12 heavy (non-hydrogen) atoms. The zero-order valence-electron chi connectivity index (χ0n) is 8.26. The van der Waals surface area contributed by atoms with Gasteiger partial charge in [-0.25, -0.2) is 0 Å². The second-order valence-corrected chi connectivity index (χ2v) is 3.53. The van der Waals surface area contributed by atoms with Gasteiger partial charge in [-0.05, 0) is 18.8 Å². The van der Waals surface area contributed by atoms with Gasteiger partial charge in [0.05, 0.1) is 6.04 Å². The summed E-state index contributed by atoms with van der Waals surface area (Å²) in [5.41, 5.74) is 5.65. The second kappa shape index (κ2) is 6.00. The maximum absolute atomic E-state index is 11.2. The van der Waals surface area contributed by atoms with Crippen LogP contribution in [0.2, 0.25) is 0 Å². The van der Waals surface area contributed by atoms with Crippen LogP contribution < -0.4 is 11.1 Å². The van der Waals surface area contributed by atoms with E-state index in [0.29, 0.717) is 5.92 Å². The molecule has 0 saturated carbocycles. The van der Waals surface area contributed by atoms with E-state index in [2.05, 4.69) is 19.2 Å². The summed E-state index contributed by atoms with van der Waals surface area (Å²) in [4.78, 5) is 11.2. The van der Waals surface area contributed by atoms with Gasteiger partial charge in [0.25, 0.3) is 0 Å². The van der Waals surface area contributed by atoms with Crippen molar-refractivity contribution >= 4 is 5.91 Å². The van der Waals surface area contributed by atoms with Crippen LogP contribution in [0, 0.1) is 5.92 Å². The van der Waals surface area contributed by atoms with Crippen molar-refractivity contribution in [2.24, 2.45) is 11.7 Å². The Bertz CT molecular complexity index is 134. The Kier molecular flexibility index (Phi) is 5.72. The summed E-state index contributed by atoms with van der Waals surface area (Å²) >= 11 is 0. The van der Waals surface area contributed by atoms with E-state index in [9.17, 15) is 4.79 Å². The Morgan fingerprint density at radius 3 is 2.50 bits per heavy atom. The van der Waals surface area contributed by atoms with E-state index in [-0.39, 0.29) is 11.9 Å². The van der Waals surface area contributed by atoms with Crippen LogP contribution in [0.15, 0.2) is 0 Å². The van der Waals surface area contributed by atoms with E-state index in [1.807, 2.05) is 6.92 Å². The lowest BCUT2D eigenvalue weighted by atomic mass is 10.0. The molecule has 3 heteroatoms. The minimum Gasteiger partial charge on any atom is -0.355 e. The first-order valence-electron chi connectivity index (χ1n) is 4.61. The number of nitrogens with one attached hydrogen (secondary N) is 1. The number of carbonyl (C=O) groups is 1. The quantitative estimate of drug-likeness (QED) is 0.647. The molecule has 0 saturated heterocycles. The van der Waals surface area contributed by atoms with Crippen LogP contribution >= 0.6 is 0 Å². The van der Waals surface area contributed by atoms with Crippen molar-refractivity contribution in [2.45, 2.75) is 39.7 Å². The Morgan fingerprint density at radius 1 is 1.50 bits per heavy atom. The molecule has 3 N–H and O–H groups in total. The highest BCUT2D eigenvalue weighted by molar-refractivity contribution is 5.81. The zero-order chi connectivity index (χ0) is 9.56. The van der Waals surface area contributed by atoms with Gasteiger partial charge >= 0.3 is 0 Å². The van der Waals surface area contributed by atoms with Gasteiger partial charge in [-0.1, -0.05) is 20.8 Å². The Labute approximate surface area is 74.7 Å². The molecule has 0 aliphatic rings. The average Bonchev–Trinajstić information content (AvgIpc) is 1.98. The first-order chi connectivity index (χ1) is 5.57. The predicted octanol–water partition coefficient (Wildman–Crippen LogP) is 0.886. The number of carbonyl (C=O) groups excluding carboxylic acids is 1. The molecule has 72 valence electrons. The number of hydrogen-bond acceptors (Lipinski definition) is 2. The van der Waals surface area contributed by atoms with Crippen molar-refractivity contribution in [3.63, 3.8) is 0 Å². The smallest absolute Gasteiger partial charge is 0.236 e. The van der Waals surface area contributed by atoms with Gasteiger partial charge in [-0.2, -0.15) is 0 Å². The molecular weight excluding hydrogens is 152 g/mol. The average molecular weight is 172 g/mol. The third-order valence-corrected chi connectivity index (χ3v) is 1.61. The van der Waals surface area contributed by atoms with E-state index in [1.165, 1.54) is 0 Å². The summed E-state index contributed by atoms with van der Waals surface area (Å²) in [6.07, 6.45) is 1.72. The zero-order valence-corrected chi connectivity index (χ0v) is 8.26. The molecule has 1 atom stereocenters. The first kappa shape index (κ1) is 11.4. The first-order valence-corrected chi connectivity index (χ1v) is 4.61. The van der Waals surface area contributed by atoms with E-state index in [1.54, 1.807) is 0 Å². The number of hydrogen-bond donors (Lipinski definition) is 2. The fourth-order valence-electron chi connectivity index (χ4n) is 0.994. The van der Waals surface area contributed by atoms with Crippen LogP contribution in [0.4, 0.5) is 0 Å². The summed E-state index contributed by atoms with van der Waals surface area (Å²) in [5, 5.41) is 2.77. The van der Waals surface area contributed by atoms with Crippen LogP contribution in [0.1, 0.15) is 33.6 Å². The Balaban J connectivity index is 3.61. The van der Waals surface area contributed by atoms with Crippen LogP contribution in [-0.4, -0.2) is 18.5 Å². The molecule has 0 aliphatic carbocycles. The van der Waals surface area contributed by atoms with Crippen LogP contribution in [0.5, 0.6) is 0 Å². The van der Waals surface area contributed by atoms with Gasteiger partial charge < -0.3 is 11.1 Å². The van der Waals surface area contributed by atoms with Crippen LogP contribution in [0.3, 0.4) is 0 Å². The fourth-order valence-corrected chi connectivity index (χ4v) is 0.994. The van der Waals surface area contributed by atoms with Gasteiger partial charge in [-0.3, -0.25) is 4.79 Å². The van der Waals surface area contributed by atoms with E-state index in [0.717, 1.165) is 19.4 Å². The van der Waals surface area contributed by atoms with Crippen LogP contribution in [0.25, 0.3) is 0 Å². The molecule has 0 bridgehead atoms. The van der Waals surface area contributed by atoms with Crippen molar-refractivity contribution in [3.05, 3.63) is 0 Å². The number of nitrogens with two attached hydrogens (primary N) is 1. The highest BCUT2D eigenvalue weighted by Crippen LogP contribution is 2.02. The minimum atomic E-state index is -0.337. The van der Waals surface area contributed by atoms with Crippen LogP contribution in [-0.2, 0) is 4.79 Å². The molecule has 0 unspecified atom stereocenters. The molecule has 0 fully saturated rings. The maximum atomic E-state index is 11.2. The van der Waals surface area contributed by atoms with Gasteiger partial charge in [0, 0.05) is 6.54 Å². The molecule has 0 radical (unpaired) electrons. The third kappa shape index (κ3) is 5.13. The molecule has 3 nitrogen and oxygen atoms in total. The highest BCUT2D eigenvalue weighted by Gasteiger charge is 2.13. The lowest BCUT2D eigenvalue weighted by Crippen LogP contribution is -2.41. The summed E-state index contributed by atoms with van der Waals surface area (Å²) in [6, 6.07) is -0.337. The molecule has 0 heterocycles. The van der Waals surface area contributed by atoms with Gasteiger partial charge in [0.1, 0.15) is 0 Å². The second-order valence-electron chi connectivity index (χ2n) is 3.53. The normalized spacial score (nSPS) is 13.1. The lowest BCUT2D eigenvalue weighted by Gasteiger charge is -2.13. The molecule has 0 spiro atoms. The molecule has 0 aromatic carbocycles. The predicted molar refractivity (Wildman–Crippen MR) is 50.7 cm³/mol. The number of amides is 1. The van der Waals surface area contributed by atoms with Crippen molar-refractivity contribution in [1.29, 1.82) is 0 Å². The van der Waals surface area contributed by atoms with Gasteiger partial charge in [0.15, 0.2) is 0 Å². The van der Waals surface area contributed by atoms with Crippen molar-refractivity contribution < 1.29 is 4.79 Å². The monoisotopic (exact) mass is 172 g/mol. The van der Waals surface area contributed by atoms with E-state index in [4.69, 9.17) is 5.73 Å². The number of rotatable bonds is 5. The maximum Gasteiger partial charge on any atom is 0.236 e. The van der Waals surface area contributed by atoms with Crippen molar-refractivity contribution in [3.8, 4) is 0 Å². The molecule has 0 aromatic heterocycles. The molecule has 0 rings (SSSR count). The Morgan fingerprint density at radius 2 is 2.08 bits per heavy atom. The molecule has 0 aromatic rings. The van der Waals surface area contributed by atoms with Crippen molar-refractivity contribution in [1.82, 2.24) is 5.32 Å². The standard InChI is InChI=1S/C9H20N2O/c1-4-5-11-9(12)8(10)6-7(2)3/h7-8H,4-6,10H2,1-3H3,(H,11,12)/t8-/m0/s1.